The summed E-state index contributed by atoms with van der Waals surface area (Å²) in [6.07, 6.45) is 26.3. The van der Waals surface area contributed by atoms with Crippen LogP contribution in [0, 0.1) is 0 Å². The van der Waals surface area contributed by atoms with Gasteiger partial charge < -0.3 is 14.2 Å². The Morgan fingerprint density at radius 1 is 0.558 bits per heavy atom. The van der Waals surface area contributed by atoms with Crippen molar-refractivity contribution in [1.82, 2.24) is 0 Å². The first kappa shape index (κ1) is 36.9. The fraction of sp³-hybridized carbons (Fsp3) is 0.667. The normalized spacial score (nSPS) is 11.9. The predicted molar refractivity (Wildman–Crippen MR) is 181 cm³/mol. The molecule has 0 bridgehead atoms. The second kappa shape index (κ2) is 25.0. The third-order valence-corrected chi connectivity index (χ3v) is 8.29. The van der Waals surface area contributed by atoms with Gasteiger partial charge in [0.05, 0.1) is 18.3 Å². The van der Waals surface area contributed by atoms with Gasteiger partial charge in [-0.05, 0) is 49.6 Å². The van der Waals surface area contributed by atoms with Crippen molar-refractivity contribution in [3.8, 4) is 11.5 Å². The van der Waals surface area contributed by atoms with E-state index in [-0.39, 0.29) is 12.1 Å². The van der Waals surface area contributed by atoms with Crippen molar-refractivity contribution in [1.29, 1.82) is 0 Å². The van der Waals surface area contributed by atoms with Gasteiger partial charge in [0.1, 0.15) is 0 Å². The minimum absolute atomic E-state index is 0.00291. The van der Waals surface area contributed by atoms with Crippen LogP contribution >= 0.6 is 0 Å². The van der Waals surface area contributed by atoms with E-state index in [1.54, 1.807) is 6.07 Å². The standard InChI is InChI=1S/C39H62O4/c1-4-6-8-10-12-13-14-15-16-17-18-19-21-24-32-41-34(3)35-28-30-36(31-29-35)39(40)43-38-27-23-22-26-37(38)42-33-25-20-11-9-7-5-2/h22-23,26-31,34H,4-21,24-25,32-33H2,1-3H3. The minimum atomic E-state index is -0.377. The van der Waals surface area contributed by atoms with Crippen molar-refractivity contribution in [2.24, 2.45) is 0 Å². The third kappa shape index (κ3) is 17.5. The molecule has 0 fully saturated rings. The van der Waals surface area contributed by atoms with E-state index in [0.717, 1.165) is 31.4 Å². The average Bonchev–Trinajstić information content (AvgIpc) is 3.03. The van der Waals surface area contributed by atoms with Crippen molar-refractivity contribution < 1.29 is 19.0 Å². The van der Waals surface area contributed by atoms with Crippen LogP contribution < -0.4 is 9.47 Å². The topological polar surface area (TPSA) is 44.8 Å². The molecule has 4 heteroatoms. The molecule has 0 aromatic heterocycles. The zero-order chi connectivity index (χ0) is 30.8. The van der Waals surface area contributed by atoms with Crippen LogP contribution in [0.15, 0.2) is 48.5 Å². The summed E-state index contributed by atoms with van der Waals surface area (Å²) in [6.45, 7) is 8.00. The van der Waals surface area contributed by atoms with Gasteiger partial charge in [-0.15, -0.1) is 0 Å². The van der Waals surface area contributed by atoms with Crippen molar-refractivity contribution in [2.75, 3.05) is 13.2 Å². The van der Waals surface area contributed by atoms with Gasteiger partial charge in [0, 0.05) is 6.61 Å². The van der Waals surface area contributed by atoms with Crippen molar-refractivity contribution in [3.63, 3.8) is 0 Å². The van der Waals surface area contributed by atoms with E-state index in [0.29, 0.717) is 23.7 Å². The molecule has 4 nitrogen and oxygen atoms in total. The van der Waals surface area contributed by atoms with Gasteiger partial charge in [-0.25, -0.2) is 4.79 Å². The molecule has 0 aliphatic rings. The average molecular weight is 595 g/mol. The number of carbonyl (C=O) groups excluding carboxylic acids is 1. The van der Waals surface area contributed by atoms with E-state index in [2.05, 4.69) is 20.8 Å². The molecule has 43 heavy (non-hydrogen) atoms. The second-order valence-corrected chi connectivity index (χ2v) is 12.2. The van der Waals surface area contributed by atoms with Crippen molar-refractivity contribution >= 4 is 5.97 Å². The molecule has 0 saturated heterocycles. The largest absolute Gasteiger partial charge is 0.490 e. The van der Waals surface area contributed by atoms with E-state index in [1.807, 2.05) is 42.5 Å². The quantitative estimate of drug-likeness (QED) is 0.0586. The SMILES string of the molecule is CCCCCCCCCCCCCCCCOC(C)c1ccc(C(=O)Oc2ccccc2OCCCCCCCC)cc1. The van der Waals surface area contributed by atoms with Crippen LogP contribution in [-0.2, 0) is 4.74 Å². The maximum absolute atomic E-state index is 12.8. The highest BCUT2D eigenvalue weighted by Crippen LogP contribution is 2.28. The Morgan fingerprint density at radius 2 is 1.00 bits per heavy atom. The maximum atomic E-state index is 12.8. The van der Waals surface area contributed by atoms with E-state index in [1.165, 1.54) is 109 Å². The molecule has 0 aliphatic carbocycles. The summed E-state index contributed by atoms with van der Waals surface area (Å²) < 4.78 is 17.7. The van der Waals surface area contributed by atoms with Crippen LogP contribution in [0.5, 0.6) is 11.5 Å². The van der Waals surface area contributed by atoms with Crippen LogP contribution in [0.2, 0.25) is 0 Å². The monoisotopic (exact) mass is 594 g/mol. The summed E-state index contributed by atoms with van der Waals surface area (Å²) in [5.41, 5.74) is 1.60. The second-order valence-electron chi connectivity index (χ2n) is 12.2. The number of unbranched alkanes of at least 4 members (excludes halogenated alkanes) is 18. The molecular formula is C39H62O4. The summed E-state index contributed by atoms with van der Waals surface area (Å²) >= 11 is 0. The van der Waals surface area contributed by atoms with Gasteiger partial charge in [0.15, 0.2) is 11.5 Å². The van der Waals surface area contributed by atoms with E-state index < -0.39 is 0 Å². The Kier molecular flexibility index (Phi) is 21.5. The fourth-order valence-corrected chi connectivity index (χ4v) is 5.42. The highest BCUT2D eigenvalue weighted by Gasteiger charge is 2.14. The Morgan fingerprint density at radius 3 is 1.51 bits per heavy atom. The van der Waals surface area contributed by atoms with Gasteiger partial charge in [-0.1, -0.05) is 154 Å². The number of para-hydroxylation sites is 2. The van der Waals surface area contributed by atoms with E-state index in [9.17, 15) is 4.79 Å². The molecule has 2 rings (SSSR count). The van der Waals surface area contributed by atoms with Crippen LogP contribution in [0.25, 0.3) is 0 Å². The van der Waals surface area contributed by atoms with Gasteiger partial charge in [0.2, 0.25) is 0 Å². The van der Waals surface area contributed by atoms with Crippen molar-refractivity contribution in [2.45, 2.75) is 155 Å². The summed E-state index contributed by atoms with van der Waals surface area (Å²) in [5.74, 6) is 0.706. The van der Waals surface area contributed by atoms with Crippen molar-refractivity contribution in [3.05, 3.63) is 59.7 Å². The molecule has 0 radical (unpaired) electrons. The number of esters is 1. The first-order valence-corrected chi connectivity index (χ1v) is 17.8. The van der Waals surface area contributed by atoms with Gasteiger partial charge in [-0.3, -0.25) is 0 Å². The number of ether oxygens (including phenoxy) is 3. The Labute approximate surface area is 264 Å². The third-order valence-electron chi connectivity index (χ3n) is 8.29. The highest BCUT2D eigenvalue weighted by atomic mass is 16.6. The molecule has 1 unspecified atom stereocenters. The van der Waals surface area contributed by atoms with Gasteiger partial charge in [-0.2, -0.15) is 0 Å². The predicted octanol–water partition coefficient (Wildman–Crippen LogP) is 12.2. The number of rotatable bonds is 27. The number of benzene rings is 2. The Balaban J connectivity index is 1.57. The summed E-state index contributed by atoms with van der Waals surface area (Å²) in [6, 6.07) is 15.0. The van der Waals surface area contributed by atoms with E-state index >= 15 is 0 Å². The lowest BCUT2D eigenvalue weighted by Crippen LogP contribution is -2.10. The first-order valence-electron chi connectivity index (χ1n) is 17.8. The first-order chi connectivity index (χ1) is 21.2. The minimum Gasteiger partial charge on any atom is -0.490 e. The zero-order valence-electron chi connectivity index (χ0n) is 27.9. The van der Waals surface area contributed by atoms with Crippen LogP contribution in [0.4, 0.5) is 0 Å². The number of hydrogen-bond donors (Lipinski definition) is 0. The lowest BCUT2D eigenvalue weighted by atomic mass is 10.0. The van der Waals surface area contributed by atoms with Crippen LogP contribution in [0.3, 0.4) is 0 Å². The fourth-order valence-electron chi connectivity index (χ4n) is 5.42. The molecule has 2 aromatic carbocycles. The molecule has 2 aromatic rings. The van der Waals surface area contributed by atoms with Crippen LogP contribution in [-0.4, -0.2) is 19.2 Å². The molecule has 0 saturated carbocycles. The smallest absolute Gasteiger partial charge is 0.343 e. The summed E-state index contributed by atoms with van der Waals surface area (Å²) in [7, 11) is 0. The summed E-state index contributed by atoms with van der Waals surface area (Å²) in [5, 5.41) is 0. The molecular weight excluding hydrogens is 532 g/mol. The lowest BCUT2D eigenvalue weighted by Gasteiger charge is -2.14. The Hall–Kier alpha value is -2.33. The van der Waals surface area contributed by atoms with Crippen LogP contribution in [0.1, 0.15) is 171 Å². The lowest BCUT2D eigenvalue weighted by molar-refractivity contribution is 0.0625. The molecule has 0 spiro atoms. The number of hydrogen-bond acceptors (Lipinski definition) is 4. The molecule has 242 valence electrons. The molecule has 0 amide bonds. The number of carbonyl (C=O) groups is 1. The van der Waals surface area contributed by atoms with E-state index in [4.69, 9.17) is 14.2 Å². The molecule has 0 heterocycles. The molecule has 1 atom stereocenters. The summed E-state index contributed by atoms with van der Waals surface area (Å²) in [4.78, 5) is 12.8. The highest BCUT2D eigenvalue weighted by molar-refractivity contribution is 5.91. The van der Waals surface area contributed by atoms with Gasteiger partial charge >= 0.3 is 5.97 Å². The zero-order valence-corrected chi connectivity index (χ0v) is 27.9. The maximum Gasteiger partial charge on any atom is 0.343 e. The Bertz CT molecular complexity index is 939. The molecule has 0 N–H and O–H groups in total. The molecule has 0 aliphatic heterocycles. The van der Waals surface area contributed by atoms with Gasteiger partial charge in [0.25, 0.3) is 0 Å².